The monoisotopic (exact) mass is 302 g/mol. The molecule has 0 atom stereocenters. The average molecular weight is 302 g/mol. The first-order chi connectivity index (χ1) is 10.7. The van der Waals surface area contributed by atoms with E-state index in [0.717, 1.165) is 17.8 Å². The molecular weight excluding hydrogens is 280 g/mol. The summed E-state index contributed by atoms with van der Waals surface area (Å²) in [6.45, 7) is 6.24. The Morgan fingerprint density at radius 1 is 1.36 bits per heavy atom. The summed E-state index contributed by atoms with van der Waals surface area (Å²) in [6.07, 6.45) is 5.11. The molecule has 2 aromatic heterocycles. The second kappa shape index (κ2) is 7.70. The summed E-state index contributed by atoms with van der Waals surface area (Å²) in [5.41, 5.74) is 2.58. The van der Waals surface area contributed by atoms with Crippen LogP contribution in [-0.2, 0) is 17.8 Å². The highest BCUT2D eigenvalue weighted by Crippen LogP contribution is 2.13. The number of amides is 1. The van der Waals surface area contributed by atoms with Crippen LogP contribution in [0.2, 0.25) is 0 Å². The molecule has 0 spiro atoms. The van der Waals surface area contributed by atoms with Crippen LogP contribution in [0.3, 0.4) is 0 Å². The summed E-state index contributed by atoms with van der Waals surface area (Å²) < 4.78 is 6.95. The number of rotatable bonds is 7. The minimum Gasteiger partial charge on any atom is -0.383 e. The van der Waals surface area contributed by atoms with Gasteiger partial charge in [0, 0.05) is 44.8 Å². The number of methoxy groups -OCH3 is 1. The van der Waals surface area contributed by atoms with Crippen LogP contribution in [0.15, 0.2) is 30.7 Å². The maximum atomic E-state index is 12.8. The van der Waals surface area contributed by atoms with Gasteiger partial charge in [-0.1, -0.05) is 0 Å². The number of carbonyl (C=O) groups is 1. The molecule has 0 aliphatic rings. The predicted octanol–water partition coefficient (Wildman–Crippen LogP) is 1.90. The van der Waals surface area contributed by atoms with Crippen molar-refractivity contribution in [1.29, 1.82) is 0 Å². The third-order valence-corrected chi connectivity index (χ3v) is 3.61. The molecule has 2 aromatic rings. The first kappa shape index (κ1) is 16.2. The average Bonchev–Trinajstić information content (AvgIpc) is 2.92. The Bertz CT molecular complexity index is 610. The lowest BCUT2D eigenvalue weighted by Gasteiger charge is -2.22. The number of pyridine rings is 1. The maximum absolute atomic E-state index is 12.8. The molecule has 0 N–H and O–H groups in total. The van der Waals surface area contributed by atoms with Gasteiger partial charge in [0.25, 0.3) is 5.91 Å². The second-order valence-electron chi connectivity index (χ2n) is 5.03. The molecule has 0 saturated carbocycles. The van der Waals surface area contributed by atoms with E-state index in [4.69, 9.17) is 4.74 Å². The van der Waals surface area contributed by atoms with Crippen molar-refractivity contribution in [3.05, 3.63) is 47.5 Å². The number of ether oxygens (including phenoxy) is 1. The van der Waals surface area contributed by atoms with Gasteiger partial charge in [-0.2, -0.15) is 5.10 Å². The molecule has 2 rings (SSSR count). The molecule has 0 aliphatic heterocycles. The quantitative estimate of drug-likeness (QED) is 0.783. The van der Waals surface area contributed by atoms with E-state index >= 15 is 0 Å². The maximum Gasteiger partial charge on any atom is 0.257 e. The largest absolute Gasteiger partial charge is 0.383 e. The Labute approximate surface area is 130 Å². The highest BCUT2D eigenvalue weighted by molar-refractivity contribution is 5.95. The zero-order valence-corrected chi connectivity index (χ0v) is 13.3. The van der Waals surface area contributed by atoms with Gasteiger partial charge in [0.1, 0.15) is 0 Å². The number of hydrogen-bond acceptors (Lipinski definition) is 4. The third kappa shape index (κ3) is 3.71. The van der Waals surface area contributed by atoms with Gasteiger partial charge < -0.3 is 9.64 Å². The van der Waals surface area contributed by atoms with Gasteiger partial charge in [0.2, 0.25) is 0 Å². The smallest absolute Gasteiger partial charge is 0.257 e. The molecule has 0 saturated heterocycles. The Hall–Kier alpha value is -2.21. The molecular formula is C16H22N4O2. The van der Waals surface area contributed by atoms with Crippen LogP contribution in [0.1, 0.15) is 28.5 Å². The van der Waals surface area contributed by atoms with Crippen molar-refractivity contribution < 1.29 is 9.53 Å². The van der Waals surface area contributed by atoms with Crippen molar-refractivity contribution in [3.63, 3.8) is 0 Å². The normalized spacial score (nSPS) is 10.7. The summed E-state index contributed by atoms with van der Waals surface area (Å²) in [6, 6.07) is 3.82. The number of aryl methyl sites for hydroxylation is 1. The van der Waals surface area contributed by atoms with Crippen LogP contribution in [0.25, 0.3) is 0 Å². The predicted molar refractivity (Wildman–Crippen MR) is 83.5 cm³/mol. The van der Waals surface area contributed by atoms with E-state index in [9.17, 15) is 4.79 Å². The molecule has 0 bridgehead atoms. The van der Waals surface area contributed by atoms with Crippen molar-refractivity contribution in [1.82, 2.24) is 19.7 Å². The molecule has 6 nitrogen and oxygen atoms in total. The Morgan fingerprint density at radius 2 is 2.09 bits per heavy atom. The van der Waals surface area contributed by atoms with Crippen molar-refractivity contribution in [2.75, 3.05) is 20.3 Å². The first-order valence-electron chi connectivity index (χ1n) is 7.36. The molecule has 6 heteroatoms. The minimum absolute atomic E-state index is 0.0222. The van der Waals surface area contributed by atoms with Crippen molar-refractivity contribution in [2.45, 2.75) is 26.9 Å². The highest BCUT2D eigenvalue weighted by Gasteiger charge is 2.20. The number of carbonyl (C=O) groups excluding carboxylic acids is 1. The van der Waals surface area contributed by atoms with Gasteiger partial charge in [0.05, 0.1) is 18.4 Å². The fraction of sp³-hybridized carbons (Fsp3) is 0.438. The van der Waals surface area contributed by atoms with Crippen LogP contribution < -0.4 is 0 Å². The number of nitrogens with zero attached hydrogens (tertiary/aromatic N) is 4. The van der Waals surface area contributed by atoms with Gasteiger partial charge in [-0.15, -0.1) is 0 Å². The fourth-order valence-corrected chi connectivity index (χ4v) is 2.31. The lowest BCUT2D eigenvalue weighted by Crippen LogP contribution is -2.33. The molecule has 1 amide bonds. The molecule has 2 heterocycles. The van der Waals surface area contributed by atoms with E-state index < -0.39 is 0 Å². The van der Waals surface area contributed by atoms with E-state index in [2.05, 4.69) is 10.1 Å². The lowest BCUT2D eigenvalue weighted by molar-refractivity contribution is 0.0679. The molecule has 118 valence electrons. The SMILES string of the molecule is CCn1ncc(C(=O)N(CCOC)Cc2ccncc2)c1C. The highest BCUT2D eigenvalue weighted by atomic mass is 16.5. The van der Waals surface area contributed by atoms with Crippen LogP contribution in [0.4, 0.5) is 0 Å². The van der Waals surface area contributed by atoms with E-state index in [0.29, 0.717) is 25.3 Å². The fourth-order valence-electron chi connectivity index (χ4n) is 2.31. The summed E-state index contributed by atoms with van der Waals surface area (Å²) in [5, 5.41) is 4.25. The van der Waals surface area contributed by atoms with E-state index in [1.165, 1.54) is 0 Å². The Balaban J connectivity index is 2.20. The van der Waals surface area contributed by atoms with Crippen molar-refractivity contribution in [2.24, 2.45) is 0 Å². The molecule has 0 fully saturated rings. The molecule has 0 aliphatic carbocycles. The van der Waals surface area contributed by atoms with Crippen LogP contribution >= 0.6 is 0 Å². The topological polar surface area (TPSA) is 60.2 Å². The van der Waals surface area contributed by atoms with E-state index in [1.807, 2.05) is 30.7 Å². The second-order valence-corrected chi connectivity index (χ2v) is 5.03. The van der Waals surface area contributed by atoms with Gasteiger partial charge in [-0.05, 0) is 31.5 Å². The third-order valence-electron chi connectivity index (χ3n) is 3.61. The van der Waals surface area contributed by atoms with Gasteiger partial charge in [0.15, 0.2) is 0 Å². The van der Waals surface area contributed by atoms with E-state index in [1.54, 1.807) is 30.6 Å². The molecule has 0 radical (unpaired) electrons. The standard InChI is InChI=1S/C16H22N4O2/c1-4-20-13(2)15(11-18-20)16(21)19(9-10-22-3)12-14-5-7-17-8-6-14/h5-8,11H,4,9-10,12H2,1-3H3. The van der Waals surface area contributed by atoms with Gasteiger partial charge >= 0.3 is 0 Å². The first-order valence-corrected chi connectivity index (χ1v) is 7.36. The Morgan fingerprint density at radius 3 is 2.68 bits per heavy atom. The van der Waals surface area contributed by atoms with Crippen LogP contribution in [0.5, 0.6) is 0 Å². The number of hydrogen-bond donors (Lipinski definition) is 0. The zero-order chi connectivity index (χ0) is 15.9. The number of aromatic nitrogens is 3. The Kier molecular flexibility index (Phi) is 5.66. The van der Waals surface area contributed by atoms with Crippen molar-refractivity contribution >= 4 is 5.91 Å². The van der Waals surface area contributed by atoms with Crippen molar-refractivity contribution in [3.8, 4) is 0 Å². The van der Waals surface area contributed by atoms with Crippen LogP contribution in [-0.4, -0.2) is 45.8 Å². The summed E-state index contributed by atoms with van der Waals surface area (Å²) in [4.78, 5) is 18.6. The zero-order valence-electron chi connectivity index (χ0n) is 13.3. The van der Waals surface area contributed by atoms with Crippen LogP contribution in [0, 0.1) is 6.92 Å². The lowest BCUT2D eigenvalue weighted by atomic mass is 10.2. The minimum atomic E-state index is -0.0222. The molecule has 0 unspecified atom stereocenters. The van der Waals surface area contributed by atoms with Gasteiger partial charge in [-0.3, -0.25) is 14.5 Å². The van der Waals surface area contributed by atoms with E-state index in [-0.39, 0.29) is 5.91 Å². The summed E-state index contributed by atoms with van der Waals surface area (Å²) in [7, 11) is 1.63. The summed E-state index contributed by atoms with van der Waals surface area (Å²) >= 11 is 0. The molecule has 0 aromatic carbocycles. The van der Waals surface area contributed by atoms with Gasteiger partial charge in [-0.25, -0.2) is 0 Å². The molecule has 22 heavy (non-hydrogen) atoms. The summed E-state index contributed by atoms with van der Waals surface area (Å²) in [5.74, 6) is -0.0222.